The summed E-state index contributed by atoms with van der Waals surface area (Å²) in [7, 11) is 0. The number of benzene rings is 1. The third-order valence-corrected chi connectivity index (χ3v) is 3.41. The van der Waals surface area contributed by atoms with Gasteiger partial charge in [0.05, 0.1) is 18.5 Å². The van der Waals surface area contributed by atoms with Gasteiger partial charge in [-0.25, -0.2) is 0 Å². The van der Waals surface area contributed by atoms with Crippen molar-refractivity contribution in [1.82, 2.24) is 9.78 Å². The molecule has 19 heavy (non-hydrogen) atoms. The van der Waals surface area contributed by atoms with Crippen molar-refractivity contribution in [3.05, 3.63) is 40.6 Å². The number of aliphatic hydroxyl groups excluding tert-OH is 1. The first kappa shape index (κ1) is 14.1. The third kappa shape index (κ3) is 3.58. The highest BCUT2D eigenvalue weighted by atomic mass is 79.9. The van der Waals surface area contributed by atoms with Crippen LogP contribution in [0.5, 0.6) is 11.5 Å². The van der Waals surface area contributed by atoms with E-state index < -0.39 is 6.10 Å². The lowest BCUT2D eigenvalue weighted by Gasteiger charge is -2.09. The molecule has 2 rings (SSSR count). The van der Waals surface area contributed by atoms with Gasteiger partial charge in [0, 0.05) is 11.0 Å². The Bertz CT molecular complexity index is 552. The van der Waals surface area contributed by atoms with E-state index in [0.29, 0.717) is 11.5 Å². The zero-order valence-electron chi connectivity index (χ0n) is 11.0. The van der Waals surface area contributed by atoms with Crippen molar-refractivity contribution in [1.29, 1.82) is 0 Å². The first-order valence-electron chi connectivity index (χ1n) is 6.28. The molecule has 102 valence electrons. The Hall–Kier alpha value is -1.33. The van der Waals surface area contributed by atoms with Gasteiger partial charge in [0.15, 0.2) is 5.75 Å². The molecule has 1 N–H and O–H groups in total. The zero-order chi connectivity index (χ0) is 13.8. The highest BCUT2D eigenvalue weighted by Crippen LogP contribution is 2.29. The Morgan fingerprint density at radius 1 is 1.42 bits per heavy atom. The summed E-state index contributed by atoms with van der Waals surface area (Å²) in [5.41, 5.74) is 0.842. The number of aromatic nitrogens is 2. The van der Waals surface area contributed by atoms with E-state index in [-0.39, 0.29) is 0 Å². The number of ether oxygens (including phenoxy) is 1. The number of hydrogen-bond donors (Lipinski definition) is 1. The number of aliphatic hydroxyl groups is 1. The maximum atomic E-state index is 9.56. The topological polar surface area (TPSA) is 47.3 Å². The lowest BCUT2D eigenvalue weighted by molar-refractivity contribution is 0.198. The molecule has 0 fully saturated rings. The number of nitrogens with zero attached hydrogens (tertiary/aromatic N) is 2. The molecule has 1 heterocycles. The molecule has 1 aromatic carbocycles. The maximum Gasteiger partial charge on any atom is 0.165 e. The van der Waals surface area contributed by atoms with Crippen LogP contribution in [0.25, 0.3) is 0 Å². The van der Waals surface area contributed by atoms with E-state index in [1.54, 1.807) is 13.1 Å². The Labute approximate surface area is 121 Å². The molecule has 0 radical (unpaired) electrons. The predicted molar refractivity (Wildman–Crippen MR) is 77.4 cm³/mol. The minimum absolute atomic E-state index is 0.504. The van der Waals surface area contributed by atoms with Crippen LogP contribution < -0.4 is 4.74 Å². The predicted octanol–water partition coefficient (Wildman–Crippen LogP) is 3.90. The van der Waals surface area contributed by atoms with Gasteiger partial charge in [-0.1, -0.05) is 28.9 Å². The molecule has 0 aliphatic rings. The molecule has 5 heteroatoms. The van der Waals surface area contributed by atoms with Crippen LogP contribution in [-0.2, 0) is 6.54 Å². The van der Waals surface area contributed by atoms with Gasteiger partial charge in [-0.3, -0.25) is 4.68 Å². The summed E-state index contributed by atoms with van der Waals surface area (Å²) in [6.07, 6.45) is 4.11. The van der Waals surface area contributed by atoms with Gasteiger partial charge in [0.25, 0.3) is 0 Å². The normalized spacial score (nSPS) is 12.4. The van der Waals surface area contributed by atoms with E-state index in [1.165, 1.54) is 0 Å². The van der Waals surface area contributed by atoms with Crippen LogP contribution in [0.3, 0.4) is 0 Å². The molecule has 0 bridgehead atoms. The molecule has 0 amide bonds. The SMILES string of the molecule is CCCn1cc(Oc2ccc([C@@H](C)O)c(Br)c2)cn1. The first-order valence-corrected chi connectivity index (χ1v) is 7.07. The van der Waals surface area contributed by atoms with Crippen molar-refractivity contribution in [2.24, 2.45) is 0 Å². The Morgan fingerprint density at radius 3 is 2.84 bits per heavy atom. The van der Waals surface area contributed by atoms with Gasteiger partial charge in [-0.05, 0) is 31.0 Å². The molecule has 0 unspecified atom stereocenters. The molecule has 2 aromatic rings. The molecule has 0 spiro atoms. The largest absolute Gasteiger partial charge is 0.454 e. The van der Waals surface area contributed by atoms with Gasteiger partial charge in [0.2, 0.25) is 0 Å². The summed E-state index contributed by atoms with van der Waals surface area (Å²) in [5, 5.41) is 13.8. The Balaban J connectivity index is 2.12. The molecule has 0 saturated heterocycles. The summed E-state index contributed by atoms with van der Waals surface area (Å²) < 4.78 is 8.42. The van der Waals surface area contributed by atoms with Crippen LogP contribution in [-0.4, -0.2) is 14.9 Å². The van der Waals surface area contributed by atoms with Gasteiger partial charge in [0.1, 0.15) is 5.75 Å². The molecule has 0 saturated carbocycles. The average Bonchev–Trinajstić information content (AvgIpc) is 2.76. The molecular formula is C14H17BrN2O2. The number of halogens is 1. The lowest BCUT2D eigenvalue weighted by Crippen LogP contribution is -1.95. The molecule has 1 atom stereocenters. The number of hydrogen-bond acceptors (Lipinski definition) is 3. The quantitative estimate of drug-likeness (QED) is 0.907. The van der Waals surface area contributed by atoms with Gasteiger partial charge < -0.3 is 9.84 Å². The lowest BCUT2D eigenvalue weighted by atomic mass is 10.1. The highest BCUT2D eigenvalue weighted by molar-refractivity contribution is 9.10. The summed E-state index contributed by atoms with van der Waals surface area (Å²) in [5.74, 6) is 1.43. The van der Waals surface area contributed by atoms with Crippen molar-refractivity contribution in [2.45, 2.75) is 32.9 Å². The summed E-state index contributed by atoms with van der Waals surface area (Å²) >= 11 is 3.43. The summed E-state index contributed by atoms with van der Waals surface area (Å²) in [6, 6.07) is 5.53. The Morgan fingerprint density at radius 2 is 2.21 bits per heavy atom. The van der Waals surface area contributed by atoms with Crippen LogP contribution in [0.1, 0.15) is 31.9 Å². The van der Waals surface area contributed by atoms with Crippen LogP contribution in [0.15, 0.2) is 35.1 Å². The van der Waals surface area contributed by atoms with Crippen molar-refractivity contribution in [2.75, 3.05) is 0 Å². The second-order valence-electron chi connectivity index (χ2n) is 4.40. The van der Waals surface area contributed by atoms with Crippen LogP contribution in [0.4, 0.5) is 0 Å². The average molecular weight is 325 g/mol. The summed E-state index contributed by atoms with van der Waals surface area (Å²) in [4.78, 5) is 0. The van der Waals surface area contributed by atoms with E-state index in [2.05, 4.69) is 28.0 Å². The minimum Gasteiger partial charge on any atom is -0.454 e. The Kier molecular flexibility index (Phi) is 4.61. The van der Waals surface area contributed by atoms with Gasteiger partial charge >= 0.3 is 0 Å². The highest BCUT2D eigenvalue weighted by Gasteiger charge is 2.08. The van der Waals surface area contributed by atoms with Crippen molar-refractivity contribution >= 4 is 15.9 Å². The smallest absolute Gasteiger partial charge is 0.165 e. The zero-order valence-corrected chi connectivity index (χ0v) is 12.6. The summed E-state index contributed by atoms with van der Waals surface area (Å²) in [6.45, 7) is 4.72. The van der Waals surface area contributed by atoms with E-state index in [1.807, 2.05) is 29.1 Å². The van der Waals surface area contributed by atoms with E-state index >= 15 is 0 Å². The van der Waals surface area contributed by atoms with Crippen molar-refractivity contribution in [3.63, 3.8) is 0 Å². The monoisotopic (exact) mass is 324 g/mol. The molecule has 0 aliphatic heterocycles. The molecule has 0 aliphatic carbocycles. The third-order valence-electron chi connectivity index (χ3n) is 2.72. The number of aryl methyl sites for hydroxylation is 1. The van der Waals surface area contributed by atoms with E-state index in [9.17, 15) is 5.11 Å². The molecule has 4 nitrogen and oxygen atoms in total. The second-order valence-corrected chi connectivity index (χ2v) is 5.25. The van der Waals surface area contributed by atoms with E-state index in [4.69, 9.17) is 4.74 Å². The van der Waals surface area contributed by atoms with Crippen LogP contribution in [0.2, 0.25) is 0 Å². The first-order chi connectivity index (χ1) is 9.10. The minimum atomic E-state index is -0.504. The van der Waals surface area contributed by atoms with Crippen LogP contribution >= 0.6 is 15.9 Å². The molecule has 1 aromatic heterocycles. The van der Waals surface area contributed by atoms with E-state index in [0.717, 1.165) is 23.0 Å². The molecular weight excluding hydrogens is 308 g/mol. The van der Waals surface area contributed by atoms with Gasteiger partial charge in [-0.15, -0.1) is 0 Å². The number of rotatable bonds is 5. The fraction of sp³-hybridized carbons (Fsp3) is 0.357. The standard InChI is InChI=1S/C14H17BrN2O2/c1-3-6-17-9-12(8-16-17)19-11-4-5-13(10(2)18)14(15)7-11/h4-5,7-10,18H,3,6H2,1-2H3/t10-/m1/s1. The second kappa shape index (κ2) is 6.21. The van der Waals surface area contributed by atoms with Crippen molar-refractivity contribution in [3.8, 4) is 11.5 Å². The van der Waals surface area contributed by atoms with Crippen LogP contribution in [0, 0.1) is 0 Å². The van der Waals surface area contributed by atoms with Crippen molar-refractivity contribution < 1.29 is 9.84 Å². The fourth-order valence-electron chi connectivity index (χ4n) is 1.79. The fourth-order valence-corrected chi connectivity index (χ4v) is 2.48. The van der Waals surface area contributed by atoms with Gasteiger partial charge in [-0.2, -0.15) is 5.10 Å². The maximum absolute atomic E-state index is 9.56.